The minimum atomic E-state index is -4.44. The number of alkyl halides is 3. The van der Waals surface area contributed by atoms with Crippen molar-refractivity contribution in [1.29, 1.82) is 0 Å². The van der Waals surface area contributed by atoms with E-state index in [9.17, 15) is 27.9 Å². The van der Waals surface area contributed by atoms with Crippen LogP contribution in [0.15, 0.2) is 66.9 Å². The molecule has 0 radical (unpaired) electrons. The van der Waals surface area contributed by atoms with Crippen LogP contribution in [0.3, 0.4) is 0 Å². The molecule has 3 aromatic carbocycles. The molecule has 7 nitrogen and oxygen atoms in total. The highest BCUT2D eigenvalue weighted by Crippen LogP contribution is 2.31. The lowest BCUT2D eigenvalue weighted by atomic mass is 9.93. The number of nitrogens with zero attached hydrogens (tertiary/aromatic N) is 2. The van der Waals surface area contributed by atoms with Gasteiger partial charge >= 0.3 is 6.18 Å². The fourth-order valence-corrected chi connectivity index (χ4v) is 3.90. The Morgan fingerprint density at radius 3 is 2.42 bits per heavy atom. The van der Waals surface area contributed by atoms with E-state index in [2.05, 4.69) is 15.7 Å². The van der Waals surface area contributed by atoms with Gasteiger partial charge in [0.05, 0.1) is 51.3 Å². The first-order chi connectivity index (χ1) is 17.9. The average molecular weight is 545 g/mol. The molecular formula is C27H24ClF3N4O3. The zero-order valence-corrected chi connectivity index (χ0v) is 21.2. The van der Waals surface area contributed by atoms with E-state index in [4.69, 9.17) is 11.6 Å². The van der Waals surface area contributed by atoms with Crippen molar-refractivity contribution in [2.45, 2.75) is 26.6 Å². The molecule has 4 rings (SSSR count). The van der Waals surface area contributed by atoms with Crippen LogP contribution < -0.4 is 10.6 Å². The van der Waals surface area contributed by atoms with Crippen LogP contribution in [0.25, 0.3) is 16.6 Å². The molecule has 38 heavy (non-hydrogen) atoms. The number of benzene rings is 3. The number of aliphatic hydroxyl groups excluding tert-OH is 1. The molecule has 0 saturated heterocycles. The number of fused-ring (bicyclic) bond motifs is 1. The van der Waals surface area contributed by atoms with E-state index in [1.807, 2.05) is 0 Å². The fourth-order valence-electron chi connectivity index (χ4n) is 3.70. The molecule has 1 aromatic heterocycles. The fraction of sp³-hybridized carbons (Fsp3) is 0.222. The summed E-state index contributed by atoms with van der Waals surface area (Å²) < 4.78 is 40.3. The smallest absolute Gasteiger partial charge is 0.395 e. The number of aromatic nitrogens is 2. The second-order valence-electron chi connectivity index (χ2n) is 9.33. The molecule has 0 fully saturated rings. The van der Waals surface area contributed by atoms with Gasteiger partial charge in [-0.3, -0.25) is 9.59 Å². The third-order valence-corrected chi connectivity index (χ3v) is 6.37. The van der Waals surface area contributed by atoms with E-state index in [-0.39, 0.29) is 29.6 Å². The van der Waals surface area contributed by atoms with Crippen LogP contribution in [-0.2, 0) is 17.5 Å². The van der Waals surface area contributed by atoms with Crippen molar-refractivity contribution in [2.24, 2.45) is 5.41 Å². The van der Waals surface area contributed by atoms with Gasteiger partial charge in [-0.15, -0.1) is 0 Å². The van der Waals surface area contributed by atoms with Gasteiger partial charge in [-0.2, -0.15) is 18.3 Å². The van der Waals surface area contributed by atoms with Crippen molar-refractivity contribution in [1.82, 2.24) is 15.1 Å². The third kappa shape index (κ3) is 5.66. The van der Waals surface area contributed by atoms with E-state index in [1.54, 1.807) is 50.2 Å². The lowest BCUT2D eigenvalue weighted by molar-refractivity contribution is -0.137. The summed E-state index contributed by atoms with van der Waals surface area (Å²) in [6.07, 6.45) is -2.93. The van der Waals surface area contributed by atoms with Crippen LogP contribution in [-0.4, -0.2) is 33.3 Å². The minimum absolute atomic E-state index is 0.134. The standard InChI is InChI=1S/C27H24ClF3N4O3/c1-26(2,15-36)25(38)32-13-16-6-11-21(28)19(12-16)24(37)34-22-4-3-5-23-20(22)14-33-35(23)18-9-7-17(8-10-18)27(29,30)31/h3-12,14,36H,13,15H2,1-2H3,(H,32,38)(H,34,37). The highest BCUT2D eigenvalue weighted by atomic mass is 35.5. The number of rotatable bonds is 7. The Hall–Kier alpha value is -3.89. The van der Waals surface area contributed by atoms with Gasteiger partial charge in [0.2, 0.25) is 5.91 Å². The Balaban J connectivity index is 1.56. The van der Waals surface area contributed by atoms with Crippen LogP contribution in [0.4, 0.5) is 18.9 Å². The Morgan fingerprint density at radius 1 is 1.05 bits per heavy atom. The molecule has 0 spiro atoms. The Morgan fingerprint density at radius 2 is 1.76 bits per heavy atom. The van der Waals surface area contributed by atoms with Crippen molar-refractivity contribution >= 4 is 40.0 Å². The van der Waals surface area contributed by atoms with Crippen molar-refractivity contribution in [2.75, 3.05) is 11.9 Å². The Bertz CT molecular complexity index is 1500. The number of carbonyl (C=O) groups excluding carboxylic acids is 2. The molecule has 11 heteroatoms. The number of carbonyl (C=O) groups is 2. The summed E-state index contributed by atoms with van der Waals surface area (Å²) in [4.78, 5) is 25.4. The van der Waals surface area contributed by atoms with Gasteiger partial charge in [-0.05, 0) is 67.9 Å². The van der Waals surface area contributed by atoms with Crippen molar-refractivity contribution in [3.8, 4) is 5.69 Å². The predicted molar refractivity (Wildman–Crippen MR) is 138 cm³/mol. The molecule has 0 aliphatic heterocycles. The van der Waals surface area contributed by atoms with Crippen LogP contribution in [0.5, 0.6) is 0 Å². The largest absolute Gasteiger partial charge is 0.416 e. The quantitative estimate of drug-likeness (QED) is 0.283. The first kappa shape index (κ1) is 27.2. The van der Waals surface area contributed by atoms with Gasteiger partial charge in [0.25, 0.3) is 5.91 Å². The third-order valence-electron chi connectivity index (χ3n) is 6.04. The highest BCUT2D eigenvalue weighted by molar-refractivity contribution is 6.34. The maximum Gasteiger partial charge on any atom is 0.416 e. The average Bonchev–Trinajstić information content (AvgIpc) is 3.32. The van der Waals surface area contributed by atoms with Crippen LogP contribution in [0, 0.1) is 5.41 Å². The Labute approximate surface area is 221 Å². The van der Waals surface area contributed by atoms with Crippen LogP contribution in [0.1, 0.15) is 35.3 Å². The normalized spacial score (nSPS) is 12.0. The van der Waals surface area contributed by atoms with E-state index in [1.165, 1.54) is 23.0 Å². The molecule has 2 amide bonds. The molecule has 198 valence electrons. The molecule has 1 heterocycles. The SMILES string of the molecule is CC(C)(CO)C(=O)NCc1ccc(Cl)c(C(=O)Nc2cccc3c2cnn3-c2ccc(C(F)(F)F)cc2)c1. The summed E-state index contributed by atoms with van der Waals surface area (Å²) in [7, 11) is 0. The number of hydrogen-bond acceptors (Lipinski definition) is 4. The monoisotopic (exact) mass is 544 g/mol. The van der Waals surface area contributed by atoms with Gasteiger partial charge in [0.1, 0.15) is 0 Å². The first-order valence-corrected chi connectivity index (χ1v) is 11.9. The highest BCUT2D eigenvalue weighted by Gasteiger charge is 2.30. The van der Waals surface area contributed by atoms with E-state index in [0.29, 0.717) is 27.8 Å². The Kier molecular flexibility index (Phi) is 7.48. The summed E-state index contributed by atoms with van der Waals surface area (Å²) in [6.45, 7) is 3.05. The van der Waals surface area contributed by atoms with Crippen LogP contribution >= 0.6 is 11.6 Å². The minimum Gasteiger partial charge on any atom is -0.395 e. The number of amides is 2. The number of anilines is 1. The van der Waals surface area contributed by atoms with E-state index in [0.717, 1.165) is 12.1 Å². The number of hydrogen-bond donors (Lipinski definition) is 3. The molecule has 3 N–H and O–H groups in total. The molecule has 0 saturated carbocycles. The zero-order valence-electron chi connectivity index (χ0n) is 20.4. The van der Waals surface area contributed by atoms with Crippen LogP contribution in [0.2, 0.25) is 5.02 Å². The molecule has 0 atom stereocenters. The van der Waals surface area contributed by atoms with Crippen molar-refractivity contribution < 1.29 is 27.9 Å². The maximum atomic E-state index is 13.1. The lowest BCUT2D eigenvalue weighted by Crippen LogP contribution is -2.38. The zero-order chi connectivity index (χ0) is 27.7. The number of aliphatic hydroxyl groups is 1. The van der Waals surface area contributed by atoms with Gasteiger partial charge in [-0.1, -0.05) is 23.7 Å². The van der Waals surface area contributed by atoms with Crippen molar-refractivity contribution in [3.63, 3.8) is 0 Å². The lowest BCUT2D eigenvalue weighted by Gasteiger charge is -2.20. The number of halogens is 4. The predicted octanol–water partition coefficient (Wildman–Crippen LogP) is 5.58. The molecule has 0 bridgehead atoms. The van der Waals surface area contributed by atoms with Gasteiger partial charge in [0.15, 0.2) is 0 Å². The van der Waals surface area contributed by atoms with Crippen molar-refractivity contribution in [3.05, 3.63) is 88.6 Å². The van der Waals surface area contributed by atoms with E-state index < -0.39 is 23.1 Å². The molecular weight excluding hydrogens is 521 g/mol. The van der Waals surface area contributed by atoms with Gasteiger partial charge < -0.3 is 15.7 Å². The maximum absolute atomic E-state index is 13.1. The summed E-state index contributed by atoms with van der Waals surface area (Å²) in [6, 6.07) is 14.5. The molecule has 4 aromatic rings. The summed E-state index contributed by atoms with van der Waals surface area (Å²) in [5.74, 6) is -0.827. The summed E-state index contributed by atoms with van der Waals surface area (Å²) in [5.41, 5.74) is 0.555. The van der Waals surface area contributed by atoms with Gasteiger partial charge in [0, 0.05) is 11.9 Å². The second-order valence-corrected chi connectivity index (χ2v) is 9.74. The second kappa shape index (κ2) is 10.5. The summed E-state index contributed by atoms with van der Waals surface area (Å²) in [5, 5.41) is 20.0. The molecule has 0 aliphatic carbocycles. The van der Waals surface area contributed by atoms with Gasteiger partial charge in [-0.25, -0.2) is 4.68 Å². The first-order valence-electron chi connectivity index (χ1n) is 11.5. The van der Waals surface area contributed by atoms with E-state index >= 15 is 0 Å². The number of nitrogens with one attached hydrogen (secondary N) is 2. The summed E-state index contributed by atoms with van der Waals surface area (Å²) >= 11 is 6.28. The topological polar surface area (TPSA) is 96.2 Å². The molecule has 0 unspecified atom stereocenters. The molecule has 0 aliphatic rings.